The second-order valence-electron chi connectivity index (χ2n) is 10.3. The van der Waals surface area contributed by atoms with E-state index in [9.17, 15) is 9.59 Å². The van der Waals surface area contributed by atoms with Gasteiger partial charge in [0, 0.05) is 17.6 Å². The lowest BCUT2D eigenvalue weighted by Gasteiger charge is -2.26. The molecule has 0 atom stereocenters. The van der Waals surface area contributed by atoms with E-state index in [2.05, 4.69) is 34.7 Å². The van der Waals surface area contributed by atoms with Crippen molar-refractivity contribution in [1.82, 2.24) is 10.6 Å². The largest absolute Gasteiger partial charge is 0.356 e. The van der Waals surface area contributed by atoms with Crippen LogP contribution in [-0.2, 0) is 4.79 Å². The normalized spacial score (nSPS) is 24.2. The van der Waals surface area contributed by atoms with Crippen molar-refractivity contribution in [3.05, 3.63) is 59.7 Å². The van der Waals surface area contributed by atoms with Gasteiger partial charge in [-0.2, -0.15) is 10.2 Å². The molecule has 2 amide bonds. The number of rotatable bonds is 6. The van der Waals surface area contributed by atoms with Crippen LogP contribution in [0.25, 0.3) is 0 Å². The van der Waals surface area contributed by atoms with Crippen molar-refractivity contribution in [3.63, 3.8) is 0 Å². The number of nitrogens with one attached hydrogen (secondary N) is 2. The molecule has 4 rings (SSSR count). The van der Waals surface area contributed by atoms with Crippen LogP contribution in [0.5, 0.6) is 0 Å². The highest BCUT2D eigenvalue weighted by Gasteiger charge is 2.20. The molecule has 0 aliphatic heterocycles. The number of carbonyl (C=O) groups excluding carboxylic acids is 2. The Labute approximate surface area is 210 Å². The quantitative estimate of drug-likeness (QED) is 0.346. The molecule has 2 fully saturated rings. The van der Waals surface area contributed by atoms with Crippen LogP contribution >= 0.6 is 0 Å². The Morgan fingerprint density at radius 2 is 1.20 bits per heavy atom. The number of hydrogen-bond acceptors (Lipinski definition) is 4. The van der Waals surface area contributed by atoms with Crippen LogP contribution in [0.2, 0.25) is 0 Å². The van der Waals surface area contributed by atoms with E-state index >= 15 is 0 Å². The Morgan fingerprint density at radius 1 is 0.743 bits per heavy atom. The molecular formula is C29H40N4O2. The average molecular weight is 477 g/mol. The molecule has 6 heteroatoms. The standard InChI is InChI=1S/C21H25N3O.C8H15NO/c1-15-3-9-18(10-4-15)22-21(25)17-7-13-20(14-8-17)24-23-19-11-5-16(2)6-12-19;1-7-2-4-8(5-3-7)9-6-10/h5-8,11-15,18H,3-4,9-10H2,1-2H3,(H,22,25);6-8H,2-5H2,1H3,(H,9,10). The molecule has 188 valence electrons. The summed E-state index contributed by atoms with van der Waals surface area (Å²) in [6.07, 6.45) is 10.2. The second kappa shape index (κ2) is 13.8. The van der Waals surface area contributed by atoms with Crippen LogP contribution in [0.15, 0.2) is 58.8 Å². The minimum absolute atomic E-state index is 0.00146. The summed E-state index contributed by atoms with van der Waals surface area (Å²) in [4.78, 5) is 22.4. The van der Waals surface area contributed by atoms with Gasteiger partial charge in [0.25, 0.3) is 5.91 Å². The first-order chi connectivity index (χ1) is 16.9. The van der Waals surface area contributed by atoms with Crippen LogP contribution in [-0.4, -0.2) is 24.4 Å². The molecule has 35 heavy (non-hydrogen) atoms. The third-order valence-electron chi connectivity index (χ3n) is 7.12. The highest BCUT2D eigenvalue weighted by atomic mass is 16.1. The molecule has 0 aromatic heterocycles. The first kappa shape index (κ1) is 26.6. The first-order valence-electron chi connectivity index (χ1n) is 13.0. The van der Waals surface area contributed by atoms with Gasteiger partial charge in [0.05, 0.1) is 11.4 Å². The molecule has 0 radical (unpaired) electrons. The zero-order valence-corrected chi connectivity index (χ0v) is 21.4. The molecular weight excluding hydrogens is 436 g/mol. The van der Waals surface area contributed by atoms with E-state index in [-0.39, 0.29) is 5.91 Å². The number of aryl methyl sites for hydroxylation is 1. The topological polar surface area (TPSA) is 82.9 Å². The molecule has 2 aromatic rings. The zero-order valence-electron chi connectivity index (χ0n) is 21.4. The van der Waals surface area contributed by atoms with Gasteiger partial charge in [0.15, 0.2) is 0 Å². The van der Waals surface area contributed by atoms with E-state index in [4.69, 9.17) is 0 Å². The highest BCUT2D eigenvalue weighted by molar-refractivity contribution is 5.94. The highest BCUT2D eigenvalue weighted by Crippen LogP contribution is 2.24. The second-order valence-corrected chi connectivity index (χ2v) is 10.3. The molecule has 2 aromatic carbocycles. The molecule has 2 aliphatic rings. The predicted molar refractivity (Wildman–Crippen MR) is 141 cm³/mol. The summed E-state index contributed by atoms with van der Waals surface area (Å²) in [6, 6.07) is 15.9. The number of nitrogens with zero attached hydrogens (tertiary/aromatic N) is 2. The number of amides is 2. The van der Waals surface area contributed by atoms with E-state index in [0.29, 0.717) is 17.6 Å². The van der Waals surface area contributed by atoms with Gasteiger partial charge in [-0.25, -0.2) is 0 Å². The molecule has 0 heterocycles. The van der Waals surface area contributed by atoms with Crippen LogP contribution in [0, 0.1) is 18.8 Å². The zero-order chi connectivity index (χ0) is 25.0. The van der Waals surface area contributed by atoms with Crippen molar-refractivity contribution in [2.75, 3.05) is 0 Å². The fourth-order valence-electron chi connectivity index (χ4n) is 4.60. The van der Waals surface area contributed by atoms with E-state index in [0.717, 1.165) is 42.5 Å². The van der Waals surface area contributed by atoms with Gasteiger partial charge in [0.1, 0.15) is 0 Å². The molecule has 0 spiro atoms. The number of azo groups is 1. The van der Waals surface area contributed by atoms with Gasteiger partial charge in [0.2, 0.25) is 6.41 Å². The summed E-state index contributed by atoms with van der Waals surface area (Å²) in [6.45, 7) is 6.59. The van der Waals surface area contributed by atoms with E-state index in [1.54, 1.807) is 0 Å². The fraction of sp³-hybridized carbons (Fsp3) is 0.517. The van der Waals surface area contributed by atoms with Crippen LogP contribution in [0.1, 0.15) is 81.1 Å². The van der Waals surface area contributed by atoms with Gasteiger partial charge in [-0.15, -0.1) is 0 Å². The Hall–Kier alpha value is -3.02. The minimum atomic E-state index is 0.00146. The number of benzene rings is 2. The Morgan fingerprint density at radius 3 is 1.69 bits per heavy atom. The van der Waals surface area contributed by atoms with Gasteiger partial charge < -0.3 is 10.6 Å². The maximum absolute atomic E-state index is 12.4. The Kier molecular flexibility index (Phi) is 10.5. The molecule has 0 saturated heterocycles. The van der Waals surface area contributed by atoms with E-state index in [1.165, 1.54) is 44.1 Å². The van der Waals surface area contributed by atoms with Crippen LogP contribution in [0.4, 0.5) is 11.4 Å². The predicted octanol–water partition coefficient (Wildman–Crippen LogP) is 7.03. The average Bonchev–Trinajstić information content (AvgIpc) is 2.87. The van der Waals surface area contributed by atoms with Crippen molar-refractivity contribution < 1.29 is 9.59 Å². The lowest BCUT2D eigenvalue weighted by molar-refractivity contribution is -0.110. The van der Waals surface area contributed by atoms with Crippen molar-refractivity contribution in [2.24, 2.45) is 22.1 Å². The van der Waals surface area contributed by atoms with E-state index in [1.807, 2.05) is 55.5 Å². The van der Waals surface area contributed by atoms with Crippen molar-refractivity contribution >= 4 is 23.7 Å². The number of hydrogen-bond donors (Lipinski definition) is 2. The Balaban J connectivity index is 0.000000287. The molecule has 0 unspecified atom stereocenters. The summed E-state index contributed by atoms with van der Waals surface area (Å²) < 4.78 is 0. The third kappa shape index (κ3) is 9.27. The summed E-state index contributed by atoms with van der Waals surface area (Å²) in [5.74, 6) is 1.65. The maximum Gasteiger partial charge on any atom is 0.251 e. The first-order valence-corrected chi connectivity index (χ1v) is 13.0. The molecule has 2 saturated carbocycles. The molecule has 0 bridgehead atoms. The Bertz CT molecular complexity index is 940. The van der Waals surface area contributed by atoms with Crippen molar-refractivity contribution in [1.29, 1.82) is 0 Å². The summed E-state index contributed by atoms with van der Waals surface area (Å²) in [7, 11) is 0. The lowest BCUT2D eigenvalue weighted by atomic mass is 9.87. The minimum Gasteiger partial charge on any atom is -0.356 e. The monoisotopic (exact) mass is 476 g/mol. The van der Waals surface area contributed by atoms with E-state index < -0.39 is 0 Å². The van der Waals surface area contributed by atoms with Crippen LogP contribution in [0.3, 0.4) is 0 Å². The smallest absolute Gasteiger partial charge is 0.251 e. The summed E-state index contributed by atoms with van der Waals surface area (Å²) >= 11 is 0. The number of carbonyl (C=O) groups is 2. The SMILES string of the molecule is CC1CCC(NC=O)CC1.Cc1ccc(N=Nc2ccc(C(=O)NC3CCC(C)CC3)cc2)cc1. The third-order valence-corrected chi connectivity index (χ3v) is 7.12. The molecule has 2 N–H and O–H groups in total. The summed E-state index contributed by atoms with van der Waals surface area (Å²) in [5.41, 5.74) is 3.43. The van der Waals surface area contributed by atoms with Gasteiger partial charge >= 0.3 is 0 Å². The van der Waals surface area contributed by atoms with Crippen LogP contribution < -0.4 is 10.6 Å². The van der Waals surface area contributed by atoms with Crippen molar-refractivity contribution in [2.45, 2.75) is 84.2 Å². The maximum atomic E-state index is 12.4. The van der Waals surface area contributed by atoms with Gasteiger partial charge in [-0.3, -0.25) is 9.59 Å². The molecule has 6 nitrogen and oxygen atoms in total. The summed E-state index contributed by atoms with van der Waals surface area (Å²) in [5, 5.41) is 14.4. The van der Waals surface area contributed by atoms with Gasteiger partial charge in [-0.05, 0) is 107 Å². The fourth-order valence-corrected chi connectivity index (χ4v) is 4.60. The molecule has 2 aliphatic carbocycles. The van der Waals surface area contributed by atoms with Crippen molar-refractivity contribution in [3.8, 4) is 0 Å². The lowest BCUT2D eigenvalue weighted by Crippen LogP contribution is -2.37. The van der Waals surface area contributed by atoms with Gasteiger partial charge in [-0.1, -0.05) is 31.5 Å².